The van der Waals surface area contributed by atoms with Crippen molar-refractivity contribution in [2.75, 3.05) is 38.3 Å². The van der Waals surface area contributed by atoms with Crippen LogP contribution in [0.2, 0.25) is 0 Å². The van der Waals surface area contributed by atoms with Crippen molar-refractivity contribution >= 4 is 5.82 Å². The molecule has 4 heteroatoms. The highest BCUT2D eigenvalue weighted by molar-refractivity contribution is 5.47. The van der Waals surface area contributed by atoms with Gasteiger partial charge < -0.3 is 15.0 Å². The Bertz CT molecular complexity index is 389. The summed E-state index contributed by atoms with van der Waals surface area (Å²) in [5, 5.41) is 3.35. The SMILES string of the molecule is COCCNCc1cnc(N2CCCCC2)c(C)c1. The molecule has 0 aliphatic carbocycles. The summed E-state index contributed by atoms with van der Waals surface area (Å²) < 4.78 is 5.02. The highest BCUT2D eigenvalue weighted by Crippen LogP contribution is 2.21. The normalized spacial score (nSPS) is 15.8. The number of anilines is 1. The molecule has 106 valence electrons. The Morgan fingerprint density at radius 2 is 2.11 bits per heavy atom. The molecule has 1 aromatic heterocycles. The van der Waals surface area contributed by atoms with Crippen molar-refractivity contribution in [3.63, 3.8) is 0 Å². The Hall–Kier alpha value is -1.13. The average molecular weight is 263 g/mol. The fourth-order valence-electron chi connectivity index (χ4n) is 2.57. The third-order valence-corrected chi connectivity index (χ3v) is 3.57. The van der Waals surface area contributed by atoms with E-state index in [-0.39, 0.29) is 0 Å². The number of nitrogens with one attached hydrogen (secondary N) is 1. The zero-order valence-corrected chi connectivity index (χ0v) is 12.1. The molecule has 0 amide bonds. The largest absolute Gasteiger partial charge is 0.383 e. The number of pyridine rings is 1. The van der Waals surface area contributed by atoms with Crippen LogP contribution in [0.25, 0.3) is 0 Å². The third kappa shape index (κ3) is 4.18. The molecule has 2 rings (SSSR count). The first kappa shape index (κ1) is 14.3. The number of nitrogens with zero attached hydrogens (tertiary/aromatic N) is 2. The molecule has 0 saturated carbocycles. The zero-order valence-electron chi connectivity index (χ0n) is 12.1. The highest BCUT2D eigenvalue weighted by atomic mass is 16.5. The van der Waals surface area contributed by atoms with E-state index in [4.69, 9.17) is 4.74 Å². The first-order chi connectivity index (χ1) is 9.31. The molecule has 1 aliphatic heterocycles. The lowest BCUT2D eigenvalue weighted by atomic mass is 10.1. The van der Waals surface area contributed by atoms with E-state index < -0.39 is 0 Å². The quantitative estimate of drug-likeness (QED) is 0.798. The number of aryl methyl sites for hydroxylation is 1. The van der Waals surface area contributed by atoms with Gasteiger partial charge in [-0.1, -0.05) is 0 Å². The average Bonchev–Trinajstić information content (AvgIpc) is 2.45. The minimum Gasteiger partial charge on any atom is -0.383 e. The number of hydrogen-bond acceptors (Lipinski definition) is 4. The zero-order chi connectivity index (χ0) is 13.5. The van der Waals surface area contributed by atoms with Crippen molar-refractivity contribution in [3.05, 3.63) is 23.4 Å². The van der Waals surface area contributed by atoms with Gasteiger partial charge >= 0.3 is 0 Å². The second kappa shape index (κ2) is 7.46. The molecule has 0 bridgehead atoms. The first-order valence-corrected chi connectivity index (χ1v) is 7.21. The molecule has 0 atom stereocenters. The summed E-state index contributed by atoms with van der Waals surface area (Å²) in [4.78, 5) is 7.07. The molecular formula is C15H25N3O. The molecule has 0 unspecified atom stereocenters. The van der Waals surface area contributed by atoms with Crippen molar-refractivity contribution in [3.8, 4) is 0 Å². The van der Waals surface area contributed by atoms with Crippen molar-refractivity contribution in [2.45, 2.75) is 32.7 Å². The van der Waals surface area contributed by atoms with Gasteiger partial charge in [-0.2, -0.15) is 0 Å². The second-order valence-corrected chi connectivity index (χ2v) is 5.20. The predicted octanol–water partition coefficient (Wildman–Crippen LogP) is 2.12. The van der Waals surface area contributed by atoms with E-state index in [2.05, 4.69) is 28.2 Å². The Kier molecular flexibility index (Phi) is 5.61. The van der Waals surface area contributed by atoms with E-state index in [0.717, 1.165) is 32.8 Å². The van der Waals surface area contributed by atoms with Gasteiger partial charge in [-0.25, -0.2) is 4.98 Å². The van der Waals surface area contributed by atoms with E-state index in [9.17, 15) is 0 Å². The molecule has 19 heavy (non-hydrogen) atoms. The summed E-state index contributed by atoms with van der Waals surface area (Å²) in [5.41, 5.74) is 2.53. The van der Waals surface area contributed by atoms with Crippen molar-refractivity contribution in [1.82, 2.24) is 10.3 Å². The summed E-state index contributed by atoms with van der Waals surface area (Å²) >= 11 is 0. The van der Waals surface area contributed by atoms with Crippen LogP contribution in [0.5, 0.6) is 0 Å². The van der Waals surface area contributed by atoms with Gasteiger partial charge in [0.1, 0.15) is 5.82 Å². The molecule has 1 fully saturated rings. The smallest absolute Gasteiger partial charge is 0.131 e. The highest BCUT2D eigenvalue weighted by Gasteiger charge is 2.14. The fraction of sp³-hybridized carbons (Fsp3) is 0.667. The minimum absolute atomic E-state index is 0.748. The minimum atomic E-state index is 0.748. The lowest BCUT2D eigenvalue weighted by Gasteiger charge is -2.29. The van der Waals surface area contributed by atoms with E-state index in [1.807, 2.05) is 6.20 Å². The van der Waals surface area contributed by atoms with Crippen LogP contribution in [-0.4, -0.2) is 38.3 Å². The topological polar surface area (TPSA) is 37.4 Å². The van der Waals surface area contributed by atoms with E-state index in [1.165, 1.54) is 36.2 Å². The van der Waals surface area contributed by atoms with Crippen LogP contribution in [0.3, 0.4) is 0 Å². The lowest BCUT2D eigenvalue weighted by molar-refractivity contribution is 0.199. The van der Waals surface area contributed by atoms with Gasteiger partial charge in [0.05, 0.1) is 6.61 Å². The molecule has 0 spiro atoms. The van der Waals surface area contributed by atoms with E-state index in [1.54, 1.807) is 7.11 Å². The number of methoxy groups -OCH3 is 1. The molecule has 4 nitrogen and oxygen atoms in total. The van der Waals surface area contributed by atoms with Crippen LogP contribution in [0, 0.1) is 6.92 Å². The number of ether oxygens (including phenoxy) is 1. The molecule has 1 aliphatic rings. The van der Waals surface area contributed by atoms with Gasteiger partial charge in [0.25, 0.3) is 0 Å². The summed E-state index contributed by atoms with van der Waals surface area (Å²) in [6.07, 6.45) is 5.94. The maximum atomic E-state index is 5.02. The maximum Gasteiger partial charge on any atom is 0.131 e. The monoisotopic (exact) mass is 263 g/mol. The van der Waals surface area contributed by atoms with Gasteiger partial charge in [-0.3, -0.25) is 0 Å². The Morgan fingerprint density at radius 3 is 2.79 bits per heavy atom. The van der Waals surface area contributed by atoms with Crippen LogP contribution in [0.1, 0.15) is 30.4 Å². The van der Waals surface area contributed by atoms with Crippen LogP contribution in [0.4, 0.5) is 5.82 Å². The summed E-state index contributed by atoms with van der Waals surface area (Å²) in [7, 11) is 1.72. The summed E-state index contributed by atoms with van der Waals surface area (Å²) in [6, 6.07) is 2.25. The number of aromatic nitrogens is 1. The lowest BCUT2D eigenvalue weighted by Crippen LogP contribution is -2.30. The van der Waals surface area contributed by atoms with Crippen LogP contribution >= 0.6 is 0 Å². The fourth-order valence-corrected chi connectivity index (χ4v) is 2.57. The van der Waals surface area contributed by atoms with Crippen molar-refractivity contribution in [1.29, 1.82) is 0 Å². The van der Waals surface area contributed by atoms with Crippen molar-refractivity contribution in [2.24, 2.45) is 0 Å². The number of piperidine rings is 1. The maximum absolute atomic E-state index is 5.02. The third-order valence-electron chi connectivity index (χ3n) is 3.57. The van der Waals surface area contributed by atoms with Gasteiger partial charge in [-0.05, 0) is 43.4 Å². The molecule has 0 radical (unpaired) electrons. The standard InChI is InChI=1S/C15H25N3O/c1-13-10-14(11-16-6-9-19-2)12-17-15(13)18-7-4-3-5-8-18/h10,12,16H,3-9,11H2,1-2H3. The molecule has 0 aromatic carbocycles. The van der Waals surface area contributed by atoms with E-state index >= 15 is 0 Å². The molecule has 1 aromatic rings. The molecule has 1 N–H and O–H groups in total. The summed E-state index contributed by atoms with van der Waals surface area (Å²) in [5.74, 6) is 1.17. The first-order valence-electron chi connectivity index (χ1n) is 7.21. The van der Waals surface area contributed by atoms with Crippen molar-refractivity contribution < 1.29 is 4.74 Å². The Morgan fingerprint density at radius 1 is 1.32 bits per heavy atom. The van der Waals surface area contributed by atoms with Gasteiger partial charge in [0.15, 0.2) is 0 Å². The van der Waals surface area contributed by atoms with E-state index in [0.29, 0.717) is 0 Å². The van der Waals surface area contributed by atoms with Crippen LogP contribution < -0.4 is 10.2 Å². The van der Waals surface area contributed by atoms with Crippen LogP contribution in [0.15, 0.2) is 12.3 Å². The van der Waals surface area contributed by atoms with Gasteiger partial charge in [0, 0.05) is 39.5 Å². The Labute approximate surface area is 116 Å². The van der Waals surface area contributed by atoms with Gasteiger partial charge in [0.2, 0.25) is 0 Å². The van der Waals surface area contributed by atoms with Gasteiger partial charge in [-0.15, -0.1) is 0 Å². The Balaban J connectivity index is 1.92. The molecule has 1 saturated heterocycles. The molecule has 2 heterocycles. The predicted molar refractivity (Wildman–Crippen MR) is 78.6 cm³/mol. The van der Waals surface area contributed by atoms with Crippen LogP contribution in [-0.2, 0) is 11.3 Å². The number of rotatable bonds is 6. The molecular weight excluding hydrogens is 238 g/mol. The summed E-state index contributed by atoms with van der Waals surface area (Å²) in [6.45, 7) is 6.95. The second-order valence-electron chi connectivity index (χ2n) is 5.20. The number of hydrogen-bond donors (Lipinski definition) is 1.